The quantitative estimate of drug-likeness (QED) is 0.869. The maximum absolute atomic E-state index is 11.4. The molecular weight excluding hydrogens is 258 g/mol. The van der Waals surface area contributed by atoms with Crippen molar-refractivity contribution in [3.05, 3.63) is 53.3 Å². The van der Waals surface area contributed by atoms with Crippen molar-refractivity contribution in [2.45, 2.75) is 13.3 Å². The number of nitrogens with zero attached hydrogens (tertiary/aromatic N) is 1. The first-order chi connectivity index (χ1) is 9.58. The van der Waals surface area contributed by atoms with Crippen LogP contribution in [0.15, 0.2) is 36.5 Å². The molecule has 5 nitrogen and oxygen atoms in total. The molecule has 2 aromatic rings. The molecule has 0 amide bonds. The monoisotopic (exact) mass is 273 g/mol. The van der Waals surface area contributed by atoms with Crippen molar-refractivity contribution in [1.29, 1.82) is 0 Å². The number of methoxy groups -OCH3 is 1. The van der Waals surface area contributed by atoms with Gasteiger partial charge in [-0.2, -0.15) is 0 Å². The number of carbonyl (C=O) groups excluding carboxylic acids is 1. The average molecular weight is 273 g/mol. The number of rotatable bonds is 4. The van der Waals surface area contributed by atoms with E-state index in [0.29, 0.717) is 17.5 Å². The number of aromatic nitrogens is 1. The smallest absolute Gasteiger partial charge is 0.337 e. The van der Waals surface area contributed by atoms with Crippen LogP contribution in [-0.2, 0) is 11.2 Å². The van der Waals surface area contributed by atoms with Gasteiger partial charge >= 0.3 is 11.9 Å². The van der Waals surface area contributed by atoms with Crippen molar-refractivity contribution in [3.63, 3.8) is 0 Å². The average Bonchev–Trinajstić information content (AvgIpc) is 2.90. The fourth-order valence-electron chi connectivity index (χ4n) is 2.14. The molecule has 20 heavy (non-hydrogen) atoms. The van der Waals surface area contributed by atoms with Crippen molar-refractivity contribution in [3.8, 4) is 5.69 Å². The van der Waals surface area contributed by atoms with Crippen LogP contribution in [-0.4, -0.2) is 28.7 Å². The van der Waals surface area contributed by atoms with Crippen molar-refractivity contribution >= 4 is 11.9 Å². The van der Waals surface area contributed by atoms with Gasteiger partial charge in [0.2, 0.25) is 0 Å². The van der Waals surface area contributed by atoms with Crippen LogP contribution in [0.3, 0.4) is 0 Å². The summed E-state index contributed by atoms with van der Waals surface area (Å²) in [6.45, 7) is 1.90. The van der Waals surface area contributed by atoms with Gasteiger partial charge in [0, 0.05) is 17.6 Å². The lowest BCUT2D eigenvalue weighted by Gasteiger charge is -2.09. The largest absolute Gasteiger partial charge is 0.478 e. The van der Waals surface area contributed by atoms with Gasteiger partial charge in [-0.05, 0) is 36.8 Å². The lowest BCUT2D eigenvalue weighted by molar-refractivity contribution is 0.0600. The molecular formula is C15H15NO4. The van der Waals surface area contributed by atoms with Gasteiger partial charge in [-0.25, -0.2) is 9.59 Å². The van der Waals surface area contributed by atoms with E-state index in [4.69, 9.17) is 5.11 Å². The van der Waals surface area contributed by atoms with Crippen molar-refractivity contribution < 1.29 is 19.4 Å². The van der Waals surface area contributed by atoms with Gasteiger partial charge in [-0.1, -0.05) is 6.92 Å². The molecule has 0 saturated heterocycles. The summed E-state index contributed by atoms with van der Waals surface area (Å²) in [6.07, 6.45) is 2.32. The molecule has 0 bridgehead atoms. The van der Waals surface area contributed by atoms with Crippen LogP contribution < -0.4 is 0 Å². The third-order valence-electron chi connectivity index (χ3n) is 3.12. The van der Waals surface area contributed by atoms with Gasteiger partial charge in [0.05, 0.1) is 18.2 Å². The van der Waals surface area contributed by atoms with Crippen LogP contribution in [0.2, 0.25) is 0 Å². The Balaban J connectivity index is 2.42. The Morgan fingerprint density at radius 2 is 1.85 bits per heavy atom. The third-order valence-corrected chi connectivity index (χ3v) is 3.12. The van der Waals surface area contributed by atoms with E-state index in [1.54, 1.807) is 36.5 Å². The van der Waals surface area contributed by atoms with Crippen molar-refractivity contribution in [2.75, 3.05) is 7.11 Å². The fourth-order valence-corrected chi connectivity index (χ4v) is 2.14. The number of ether oxygens (including phenoxy) is 1. The number of esters is 1. The lowest BCUT2D eigenvalue weighted by Crippen LogP contribution is -2.05. The Kier molecular flexibility index (Phi) is 3.89. The summed E-state index contributed by atoms with van der Waals surface area (Å²) < 4.78 is 6.45. The zero-order valence-electron chi connectivity index (χ0n) is 11.3. The number of aromatic carboxylic acids is 1. The summed E-state index contributed by atoms with van der Waals surface area (Å²) in [5, 5.41) is 9.13. The number of carboxylic acids is 1. The highest BCUT2D eigenvalue weighted by Crippen LogP contribution is 2.19. The number of benzene rings is 1. The Morgan fingerprint density at radius 1 is 1.20 bits per heavy atom. The maximum Gasteiger partial charge on any atom is 0.337 e. The van der Waals surface area contributed by atoms with Gasteiger partial charge in [-0.3, -0.25) is 0 Å². The molecule has 0 aliphatic rings. The predicted molar refractivity (Wildman–Crippen MR) is 73.4 cm³/mol. The van der Waals surface area contributed by atoms with E-state index in [2.05, 4.69) is 4.74 Å². The van der Waals surface area contributed by atoms with Crippen LogP contribution in [0.25, 0.3) is 5.69 Å². The Bertz CT molecular complexity index is 640. The van der Waals surface area contributed by atoms with Crippen molar-refractivity contribution in [1.82, 2.24) is 4.57 Å². The van der Waals surface area contributed by atoms with Gasteiger partial charge in [0.1, 0.15) is 0 Å². The minimum atomic E-state index is -0.938. The molecule has 2 rings (SSSR count). The summed E-state index contributed by atoms with van der Waals surface area (Å²) in [5.41, 5.74) is 2.29. The van der Waals surface area contributed by atoms with Crippen molar-refractivity contribution in [2.24, 2.45) is 0 Å². The second-order valence-corrected chi connectivity index (χ2v) is 4.24. The molecule has 1 aromatic carbocycles. The van der Waals surface area contributed by atoms with Crippen LogP contribution in [0.1, 0.15) is 33.3 Å². The van der Waals surface area contributed by atoms with Crippen LogP contribution in [0, 0.1) is 0 Å². The summed E-state index contributed by atoms with van der Waals surface area (Å²) in [7, 11) is 1.33. The normalized spacial score (nSPS) is 10.3. The minimum absolute atomic E-state index is 0.296. The molecule has 0 aliphatic carbocycles. The van der Waals surface area contributed by atoms with E-state index in [0.717, 1.165) is 11.4 Å². The summed E-state index contributed by atoms with van der Waals surface area (Å²) in [5.74, 6) is -1.34. The Hall–Kier alpha value is -2.56. The molecule has 0 spiro atoms. The highest BCUT2D eigenvalue weighted by atomic mass is 16.5. The molecule has 104 valence electrons. The predicted octanol–water partition coefficient (Wildman–Crippen LogP) is 2.52. The molecule has 1 aromatic heterocycles. The first kappa shape index (κ1) is 13.9. The Labute approximate surface area is 116 Å². The SMILES string of the molecule is CCc1c(C(=O)O)ccn1-c1ccc(C(=O)OC)cc1. The standard InChI is InChI=1S/C15H15NO4/c1-3-13-12(14(17)18)8-9-16(13)11-6-4-10(5-7-11)15(19)20-2/h4-9H,3H2,1-2H3,(H,17,18). The second-order valence-electron chi connectivity index (χ2n) is 4.24. The molecule has 0 aliphatic heterocycles. The maximum atomic E-state index is 11.4. The molecule has 0 saturated carbocycles. The first-order valence-corrected chi connectivity index (χ1v) is 6.20. The van der Waals surface area contributed by atoms with E-state index in [-0.39, 0.29) is 0 Å². The topological polar surface area (TPSA) is 68.5 Å². The van der Waals surface area contributed by atoms with Crippen LogP contribution in [0.5, 0.6) is 0 Å². The van der Waals surface area contributed by atoms with Gasteiger partial charge in [-0.15, -0.1) is 0 Å². The van der Waals surface area contributed by atoms with Gasteiger partial charge in [0.25, 0.3) is 0 Å². The number of hydrogen-bond donors (Lipinski definition) is 1. The molecule has 0 radical (unpaired) electrons. The second kappa shape index (κ2) is 5.61. The zero-order valence-corrected chi connectivity index (χ0v) is 11.3. The minimum Gasteiger partial charge on any atom is -0.478 e. The van der Waals surface area contributed by atoms with Gasteiger partial charge in [0.15, 0.2) is 0 Å². The summed E-state index contributed by atoms with van der Waals surface area (Å²) in [6, 6.07) is 8.41. The van der Waals surface area contributed by atoms with Gasteiger partial charge < -0.3 is 14.4 Å². The molecule has 1 N–H and O–H groups in total. The van der Waals surface area contributed by atoms with E-state index in [1.165, 1.54) is 7.11 Å². The highest BCUT2D eigenvalue weighted by molar-refractivity contribution is 5.90. The van der Waals surface area contributed by atoms with E-state index in [9.17, 15) is 9.59 Å². The molecule has 0 fully saturated rings. The van der Waals surface area contributed by atoms with E-state index < -0.39 is 11.9 Å². The Morgan fingerprint density at radius 3 is 2.35 bits per heavy atom. The molecule has 5 heteroatoms. The third kappa shape index (κ3) is 2.42. The molecule has 1 heterocycles. The number of hydrogen-bond acceptors (Lipinski definition) is 3. The molecule has 0 atom stereocenters. The number of carboxylic acid groups (broad SMARTS) is 1. The van der Waals surface area contributed by atoms with Crippen LogP contribution in [0.4, 0.5) is 0 Å². The lowest BCUT2D eigenvalue weighted by atomic mass is 10.2. The zero-order chi connectivity index (χ0) is 14.7. The summed E-state index contributed by atoms with van der Waals surface area (Å²) in [4.78, 5) is 22.5. The fraction of sp³-hybridized carbons (Fsp3) is 0.200. The highest BCUT2D eigenvalue weighted by Gasteiger charge is 2.14. The first-order valence-electron chi connectivity index (χ1n) is 6.20. The van der Waals surface area contributed by atoms with E-state index in [1.807, 2.05) is 11.5 Å². The molecule has 0 unspecified atom stereocenters. The van der Waals surface area contributed by atoms with Crippen LogP contribution >= 0.6 is 0 Å². The van der Waals surface area contributed by atoms with E-state index >= 15 is 0 Å². The number of carbonyl (C=O) groups is 2. The summed E-state index contributed by atoms with van der Waals surface area (Å²) >= 11 is 0.